The third-order valence-corrected chi connectivity index (χ3v) is 30.1. The molecule has 0 amide bonds. The second kappa shape index (κ2) is 47.7. The van der Waals surface area contributed by atoms with Gasteiger partial charge in [0.05, 0.1) is 205 Å². The predicted molar refractivity (Wildman–Crippen MR) is 474 cm³/mol. The number of methoxy groups -OCH3 is 4. The first-order valence-electron chi connectivity index (χ1n) is 43.9. The molecule has 0 aromatic carbocycles. The Morgan fingerprint density at radius 1 is 0.426 bits per heavy atom. The molecule has 39 atom stereocenters. The Balaban J connectivity index is 0.000000507. The molecule has 16 aliphatic heterocycles. The Labute approximate surface area is 739 Å². The Hall–Kier alpha value is -3.70. The minimum Gasteiger partial charge on any atom is -0.469 e. The first-order valence-corrected chi connectivity index (χ1v) is 43.9. The summed E-state index contributed by atoms with van der Waals surface area (Å²) < 4.78 is 98.2. The van der Waals surface area contributed by atoms with Crippen LogP contribution in [0.25, 0.3) is 0 Å². The third-order valence-electron chi connectivity index (χ3n) is 30.1. The minimum absolute atomic E-state index is 0. The molecule has 122 heavy (non-hydrogen) atoms. The summed E-state index contributed by atoms with van der Waals surface area (Å²) >= 11 is 0. The average molecular weight is 1750 g/mol. The van der Waals surface area contributed by atoms with E-state index in [1.165, 1.54) is 28.4 Å². The first kappa shape index (κ1) is 114. The van der Waals surface area contributed by atoms with Crippen LogP contribution in [-0.2, 0) is 109 Å². The van der Waals surface area contributed by atoms with Crippen LogP contribution in [0.2, 0.25) is 0 Å². The number of aliphatic hydroxyl groups excluding tert-OH is 1. The molecule has 0 radical (unpaired) electrons. The topological polar surface area (TPSA) is 300 Å². The normalized spacial score (nSPS) is 42.1. The van der Waals surface area contributed by atoms with Crippen LogP contribution in [-0.4, -0.2) is 227 Å². The van der Waals surface area contributed by atoms with Gasteiger partial charge in [-0.15, -0.1) is 0 Å². The Morgan fingerprint density at radius 3 is 1.23 bits per heavy atom. The number of ether oxygens (including phenoxy) is 17. The summed E-state index contributed by atoms with van der Waals surface area (Å²) in [5.41, 5.74) is -2.03. The molecule has 0 aromatic heterocycles. The molecular formula is C97H180O25. The van der Waals surface area contributed by atoms with Gasteiger partial charge in [-0.05, 0) is 143 Å². The number of carbonyl (C=O) groups is 6. The number of carbonyl (C=O) groups excluding carboxylic acids is 6. The molecule has 0 aliphatic carbocycles. The molecule has 39 unspecified atom stereocenters. The highest BCUT2D eigenvalue weighted by atomic mass is 16.7. The van der Waals surface area contributed by atoms with E-state index in [1.807, 2.05) is 27.7 Å². The lowest BCUT2D eigenvalue weighted by molar-refractivity contribution is -0.188. The van der Waals surface area contributed by atoms with Crippen molar-refractivity contribution in [3.63, 3.8) is 0 Å². The van der Waals surface area contributed by atoms with Gasteiger partial charge >= 0.3 is 35.8 Å². The molecule has 16 saturated heterocycles. The molecule has 0 spiro atoms. The van der Waals surface area contributed by atoms with Crippen molar-refractivity contribution in [3.05, 3.63) is 0 Å². The lowest BCUT2D eigenvalue weighted by Gasteiger charge is -2.38. The fourth-order valence-corrected chi connectivity index (χ4v) is 24.7. The second-order valence-corrected chi connectivity index (χ2v) is 36.4. The summed E-state index contributed by atoms with van der Waals surface area (Å²) in [5.74, 6) is 1.11. The van der Waals surface area contributed by atoms with E-state index in [-0.39, 0.29) is 263 Å². The fourth-order valence-electron chi connectivity index (χ4n) is 24.7. The first-order chi connectivity index (χ1) is 53.6. The molecule has 16 aliphatic rings. The lowest BCUT2D eigenvalue weighted by Crippen LogP contribution is -2.49. The van der Waals surface area contributed by atoms with Crippen molar-refractivity contribution in [1.29, 1.82) is 0 Å². The van der Waals surface area contributed by atoms with Gasteiger partial charge in [-0.2, -0.15) is 0 Å². The highest BCUT2D eigenvalue weighted by Gasteiger charge is 2.73. The molecule has 16 rings (SSSR count). The molecule has 0 aromatic rings. The van der Waals surface area contributed by atoms with Gasteiger partial charge in [0.1, 0.15) is 5.60 Å². The van der Waals surface area contributed by atoms with Gasteiger partial charge in [0.15, 0.2) is 0 Å². The van der Waals surface area contributed by atoms with Crippen LogP contribution in [0.15, 0.2) is 0 Å². The van der Waals surface area contributed by atoms with E-state index in [2.05, 4.69) is 74.0 Å². The van der Waals surface area contributed by atoms with Crippen molar-refractivity contribution in [2.45, 2.75) is 459 Å². The van der Waals surface area contributed by atoms with E-state index in [4.69, 9.17) is 75.8 Å². The van der Waals surface area contributed by atoms with Gasteiger partial charge in [-0.25, -0.2) is 0 Å². The van der Waals surface area contributed by atoms with Crippen LogP contribution in [0.5, 0.6) is 0 Å². The van der Waals surface area contributed by atoms with Crippen LogP contribution < -0.4 is 0 Å². The third kappa shape index (κ3) is 21.5. The van der Waals surface area contributed by atoms with E-state index >= 15 is 0 Å². The van der Waals surface area contributed by atoms with Crippen molar-refractivity contribution in [2.75, 3.05) is 35.0 Å². The van der Waals surface area contributed by atoms with Crippen LogP contribution in [0.1, 0.15) is 313 Å². The van der Waals surface area contributed by atoms with Crippen molar-refractivity contribution in [1.82, 2.24) is 0 Å². The lowest BCUT2D eigenvalue weighted by atomic mass is 9.64. The predicted octanol–water partition coefficient (Wildman–Crippen LogP) is 17.7. The van der Waals surface area contributed by atoms with Gasteiger partial charge in [0.2, 0.25) is 6.29 Å². The molecule has 16 fully saturated rings. The van der Waals surface area contributed by atoms with E-state index in [9.17, 15) is 39.0 Å². The summed E-state index contributed by atoms with van der Waals surface area (Å²) in [6.45, 7) is 32.0. The highest BCUT2D eigenvalue weighted by molar-refractivity contribution is 5.84. The van der Waals surface area contributed by atoms with Gasteiger partial charge in [-0.3, -0.25) is 28.8 Å². The SMILES string of the molecule is C.C.C.C.C.C.C.C.C.C.CCC1OC(CC)C2C1C1CC(C)(C(=O)OC(C)(C)CC)C2O1.CCC1OC(CC)C2C3OC(C(C(=O)OC)C3C(=O)OC)C12.CCC1OC(CC)C2C3OC(CC3C(C)(O)CC(=O)OC)C12.CCC1OC(CC)C2C3OC(CC3C(O)CC(=O)OC)C12.CCC1OC(CC)C2C3OC(CC3CC(=O)OC3CCCCO3)C12. The standard InChI is InChI=1S/C19H30O5.C19H32O4.C17H28O5.C16H24O6.C16H26O5.10CH4/c1-3-12-17-14-9-11(19(23-14)18(17)13(4-2)22-12)10-15(20)24-16-7-5-6-8-21-16;1-7-11-14-13-10-19(6,17(20)23-18(4,5)9-3)16(22-13)15(14)12(8-2)21-11;1-5-10-14-12-7-9(17(3,19)8-13(18)20-4)16(22-12)15(14)11(6-2)21-10;1-5-7-9-10(8(6-2)21-7)14-12(16(18)20-4)11(13(9)22-14)15(17)19-3;1-4-10-14-12-6-8(9(17)7-13(18)19-3)16(21-12)15(14)11(5-2)20-10;;;;;;;;;;/h11-14,16-19H,3-10H2,1-2H3;11-16H,7-10H2,1-6H3;9-12,14-16,19H,5-8H2,1-4H3;7-14H,5-6H2,1-4H3;8-12,14-17H,4-7H2,1-3H3;10*1H4. The summed E-state index contributed by atoms with van der Waals surface area (Å²) in [6, 6.07) is 0. The van der Waals surface area contributed by atoms with Crippen LogP contribution in [0.3, 0.4) is 0 Å². The molecule has 0 saturated carbocycles. The van der Waals surface area contributed by atoms with Crippen LogP contribution in [0.4, 0.5) is 0 Å². The van der Waals surface area contributed by atoms with Crippen molar-refractivity contribution >= 4 is 35.8 Å². The van der Waals surface area contributed by atoms with E-state index < -0.39 is 46.5 Å². The number of rotatable bonds is 24. The van der Waals surface area contributed by atoms with E-state index in [0.29, 0.717) is 66.5 Å². The van der Waals surface area contributed by atoms with Crippen LogP contribution >= 0.6 is 0 Å². The van der Waals surface area contributed by atoms with Crippen molar-refractivity contribution in [3.8, 4) is 0 Å². The van der Waals surface area contributed by atoms with Crippen molar-refractivity contribution < 1.29 is 120 Å². The zero-order valence-corrected chi connectivity index (χ0v) is 70.7. The largest absolute Gasteiger partial charge is 0.469 e. The average Bonchev–Trinajstić information content (AvgIpc) is 1.55. The molecule has 16 heterocycles. The summed E-state index contributed by atoms with van der Waals surface area (Å²) in [6.07, 6.45) is 19.0. The van der Waals surface area contributed by atoms with Gasteiger partial charge in [-0.1, -0.05) is 150 Å². The summed E-state index contributed by atoms with van der Waals surface area (Å²) in [5, 5.41) is 21.2. The van der Waals surface area contributed by atoms with Gasteiger partial charge < -0.3 is 90.7 Å². The second-order valence-electron chi connectivity index (χ2n) is 36.4. The number of esters is 6. The van der Waals surface area contributed by atoms with Crippen LogP contribution in [0, 0.1) is 94.2 Å². The molecular weight excluding hydrogens is 1570 g/mol. The van der Waals surface area contributed by atoms with Gasteiger partial charge in [0.25, 0.3) is 0 Å². The molecule has 10 bridgehead atoms. The smallest absolute Gasteiger partial charge is 0.315 e. The summed E-state index contributed by atoms with van der Waals surface area (Å²) in [7, 11) is 5.40. The fraction of sp³-hybridized carbons (Fsp3) is 0.938. The zero-order valence-electron chi connectivity index (χ0n) is 70.7. The molecule has 2 N–H and O–H groups in total. The quantitative estimate of drug-likeness (QED) is 0.0670. The number of aliphatic hydroxyl groups is 2. The molecule has 25 heteroatoms. The monoisotopic (exact) mass is 1750 g/mol. The zero-order chi connectivity index (χ0) is 80.9. The number of fused-ring (bicyclic) bond motifs is 25. The van der Waals surface area contributed by atoms with Gasteiger partial charge in [0, 0.05) is 77.4 Å². The highest BCUT2D eigenvalue weighted by Crippen LogP contribution is 2.64. The Kier molecular flexibility index (Phi) is 44.8. The van der Waals surface area contributed by atoms with Crippen molar-refractivity contribution in [2.24, 2.45) is 94.2 Å². The number of hydrogen-bond acceptors (Lipinski definition) is 25. The molecule has 718 valence electrons. The Bertz CT molecular complexity index is 3140. The number of hydrogen-bond donors (Lipinski definition) is 2. The summed E-state index contributed by atoms with van der Waals surface area (Å²) in [4.78, 5) is 72.7. The van der Waals surface area contributed by atoms with E-state index in [1.54, 1.807) is 6.92 Å². The maximum Gasteiger partial charge on any atom is 0.315 e. The maximum atomic E-state index is 12.9. The minimum atomic E-state index is -1.08. The van der Waals surface area contributed by atoms with E-state index in [0.717, 1.165) is 116 Å². The molecule has 25 nitrogen and oxygen atoms in total. The maximum absolute atomic E-state index is 12.9. The Morgan fingerprint density at radius 2 is 0.811 bits per heavy atom.